The van der Waals surface area contributed by atoms with E-state index in [9.17, 15) is 9.59 Å². The molecule has 1 atom stereocenters. The lowest BCUT2D eigenvalue weighted by molar-refractivity contribution is -0.144. The molecule has 0 aromatic heterocycles. The number of allylic oxidation sites excluding steroid dienone is 1. The van der Waals surface area contributed by atoms with Crippen molar-refractivity contribution in [2.45, 2.75) is 13.0 Å². The lowest BCUT2D eigenvalue weighted by Crippen LogP contribution is -2.22. The van der Waals surface area contributed by atoms with Gasteiger partial charge in [0, 0.05) is 10.5 Å². The second-order valence-corrected chi connectivity index (χ2v) is 6.07. The summed E-state index contributed by atoms with van der Waals surface area (Å²) in [4.78, 5) is 23.3. The Hall–Kier alpha value is -2.60. The first-order chi connectivity index (χ1) is 11.5. The van der Waals surface area contributed by atoms with Gasteiger partial charge in [-0.3, -0.25) is 4.79 Å². The third-order valence-corrected chi connectivity index (χ3v) is 4.22. The molecule has 0 unspecified atom stereocenters. The highest BCUT2D eigenvalue weighted by Crippen LogP contribution is 2.35. The van der Waals surface area contributed by atoms with Crippen LogP contribution in [-0.4, -0.2) is 23.0 Å². The van der Waals surface area contributed by atoms with Gasteiger partial charge in [-0.2, -0.15) is 0 Å². The minimum absolute atomic E-state index is 0.209. The third kappa shape index (κ3) is 3.19. The fourth-order valence-electron chi connectivity index (χ4n) is 2.23. The van der Waals surface area contributed by atoms with Gasteiger partial charge < -0.3 is 14.6 Å². The second-order valence-electron chi connectivity index (χ2n) is 5.22. The molecular formula is C18H13BrO5. The molecule has 0 aliphatic carbocycles. The number of aliphatic carboxylic acids is 1. The average Bonchev–Trinajstić information content (AvgIpc) is 2.85. The van der Waals surface area contributed by atoms with Crippen LogP contribution in [0, 0.1) is 0 Å². The van der Waals surface area contributed by atoms with Crippen molar-refractivity contribution in [2.24, 2.45) is 0 Å². The number of carbonyl (C=O) groups excluding carboxylic acids is 1. The highest BCUT2D eigenvalue weighted by atomic mass is 79.9. The van der Waals surface area contributed by atoms with Crippen molar-refractivity contribution in [3.05, 3.63) is 63.8 Å². The summed E-state index contributed by atoms with van der Waals surface area (Å²) in [5, 5.41) is 8.89. The molecule has 5 nitrogen and oxygen atoms in total. The van der Waals surface area contributed by atoms with Gasteiger partial charge >= 0.3 is 5.97 Å². The molecule has 1 N–H and O–H groups in total. The lowest BCUT2D eigenvalue weighted by Gasteiger charge is -2.10. The second kappa shape index (κ2) is 6.49. The summed E-state index contributed by atoms with van der Waals surface area (Å²) >= 11 is 3.42. The summed E-state index contributed by atoms with van der Waals surface area (Å²) in [6, 6.07) is 12.1. The standard InChI is InChI=1S/C18H13BrO5/c1-10(18(21)22)23-12-6-7-13-15(9-12)24-16(17(13)20)8-11-4-2-3-5-14(11)19/h2-10H,1H3,(H,21,22)/t10-/m1/s1. The molecule has 0 amide bonds. The fourth-order valence-corrected chi connectivity index (χ4v) is 2.63. The first kappa shape index (κ1) is 16.3. The zero-order valence-electron chi connectivity index (χ0n) is 12.7. The number of ether oxygens (including phenoxy) is 2. The zero-order chi connectivity index (χ0) is 17.3. The predicted molar refractivity (Wildman–Crippen MR) is 91.2 cm³/mol. The topological polar surface area (TPSA) is 72.8 Å². The number of halogens is 1. The molecule has 0 radical (unpaired) electrons. The molecule has 24 heavy (non-hydrogen) atoms. The monoisotopic (exact) mass is 388 g/mol. The number of hydrogen-bond acceptors (Lipinski definition) is 4. The molecule has 0 bridgehead atoms. The Morgan fingerprint density at radius 1 is 1.29 bits per heavy atom. The van der Waals surface area contributed by atoms with E-state index in [1.165, 1.54) is 13.0 Å². The molecule has 0 spiro atoms. The van der Waals surface area contributed by atoms with Crippen LogP contribution in [0.25, 0.3) is 6.08 Å². The summed E-state index contributed by atoms with van der Waals surface area (Å²) in [5.41, 5.74) is 1.24. The van der Waals surface area contributed by atoms with Gasteiger partial charge in [0.25, 0.3) is 0 Å². The highest BCUT2D eigenvalue weighted by Gasteiger charge is 2.28. The SMILES string of the molecule is C[C@@H](Oc1ccc2c(c1)OC(=Cc1ccccc1Br)C2=O)C(=O)O. The highest BCUT2D eigenvalue weighted by molar-refractivity contribution is 9.10. The Bertz CT molecular complexity index is 856. The van der Waals surface area contributed by atoms with Crippen molar-refractivity contribution in [3.8, 4) is 11.5 Å². The molecule has 3 rings (SSSR count). The van der Waals surface area contributed by atoms with E-state index in [1.54, 1.807) is 18.2 Å². The molecule has 122 valence electrons. The molecular weight excluding hydrogens is 376 g/mol. The van der Waals surface area contributed by atoms with Crippen molar-refractivity contribution in [3.63, 3.8) is 0 Å². The molecule has 2 aromatic rings. The fraction of sp³-hybridized carbons (Fsp3) is 0.111. The maximum absolute atomic E-state index is 12.4. The van der Waals surface area contributed by atoms with Crippen LogP contribution in [0.3, 0.4) is 0 Å². The van der Waals surface area contributed by atoms with Crippen LogP contribution in [0.15, 0.2) is 52.7 Å². The lowest BCUT2D eigenvalue weighted by atomic mass is 10.1. The first-order valence-electron chi connectivity index (χ1n) is 7.18. The van der Waals surface area contributed by atoms with E-state index in [-0.39, 0.29) is 11.5 Å². The molecule has 0 saturated heterocycles. The number of hydrogen-bond donors (Lipinski definition) is 1. The Morgan fingerprint density at radius 2 is 2.04 bits per heavy atom. The van der Waals surface area contributed by atoms with E-state index in [4.69, 9.17) is 14.6 Å². The Labute approximate surface area is 146 Å². The van der Waals surface area contributed by atoms with E-state index < -0.39 is 12.1 Å². The van der Waals surface area contributed by atoms with E-state index in [2.05, 4.69) is 15.9 Å². The van der Waals surface area contributed by atoms with Crippen molar-refractivity contribution >= 4 is 33.8 Å². The van der Waals surface area contributed by atoms with Gasteiger partial charge in [0.1, 0.15) is 11.5 Å². The van der Waals surface area contributed by atoms with E-state index in [1.807, 2.05) is 24.3 Å². The predicted octanol–water partition coefficient (Wildman–Crippen LogP) is 3.92. The van der Waals surface area contributed by atoms with E-state index in [0.29, 0.717) is 17.1 Å². The molecule has 2 aromatic carbocycles. The van der Waals surface area contributed by atoms with Crippen molar-refractivity contribution in [2.75, 3.05) is 0 Å². The number of carboxylic acids is 1. The first-order valence-corrected chi connectivity index (χ1v) is 7.97. The summed E-state index contributed by atoms with van der Waals surface area (Å²) < 4.78 is 11.8. The number of Topliss-reactive ketones (excluding diaryl/α,β-unsaturated/α-hetero) is 1. The van der Waals surface area contributed by atoms with Crippen LogP contribution in [0.2, 0.25) is 0 Å². The minimum atomic E-state index is -1.07. The van der Waals surface area contributed by atoms with Crippen LogP contribution in [0.1, 0.15) is 22.8 Å². The van der Waals surface area contributed by atoms with Crippen LogP contribution in [-0.2, 0) is 4.79 Å². The third-order valence-electron chi connectivity index (χ3n) is 3.49. The van der Waals surface area contributed by atoms with Gasteiger partial charge in [0.05, 0.1) is 5.56 Å². The number of rotatable bonds is 4. The number of benzene rings is 2. The van der Waals surface area contributed by atoms with Gasteiger partial charge in [0.2, 0.25) is 5.78 Å². The van der Waals surface area contributed by atoms with Gasteiger partial charge in [-0.1, -0.05) is 34.1 Å². The van der Waals surface area contributed by atoms with E-state index in [0.717, 1.165) is 10.0 Å². The van der Waals surface area contributed by atoms with Gasteiger partial charge in [-0.05, 0) is 36.8 Å². The Kier molecular flexibility index (Phi) is 4.40. The number of carbonyl (C=O) groups is 2. The smallest absolute Gasteiger partial charge is 0.344 e. The van der Waals surface area contributed by atoms with Gasteiger partial charge in [-0.25, -0.2) is 4.79 Å². The zero-order valence-corrected chi connectivity index (χ0v) is 14.2. The minimum Gasteiger partial charge on any atom is -0.479 e. The molecule has 0 fully saturated rings. The van der Waals surface area contributed by atoms with Crippen LogP contribution < -0.4 is 9.47 Å². The van der Waals surface area contributed by atoms with Crippen LogP contribution in [0.4, 0.5) is 0 Å². The van der Waals surface area contributed by atoms with E-state index >= 15 is 0 Å². The van der Waals surface area contributed by atoms with Crippen molar-refractivity contribution < 1.29 is 24.2 Å². The number of carboxylic acid groups (broad SMARTS) is 1. The van der Waals surface area contributed by atoms with Gasteiger partial charge in [-0.15, -0.1) is 0 Å². The van der Waals surface area contributed by atoms with Crippen molar-refractivity contribution in [1.29, 1.82) is 0 Å². The maximum atomic E-state index is 12.4. The molecule has 1 heterocycles. The normalized spacial score (nSPS) is 15.8. The number of fused-ring (bicyclic) bond motifs is 1. The average molecular weight is 389 g/mol. The molecule has 0 saturated carbocycles. The number of ketones is 1. The quantitative estimate of drug-likeness (QED) is 0.803. The maximum Gasteiger partial charge on any atom is 0.344 e. The largest absolute Gasteiger partial charge is 0.479 e. The van der Waals surface area contributed by atoms with Crippen LogP contribution >= 0.6 is 15.9 Å². The molecule has 1 aliphatic rings. The molecule has 1 aliphatic heterocycles. The Morgan fingerprint density at radius 3 is 2.75 bits per heavy atom. The Balaban J connectivity index is 1.88. The summed E-state index contributed by atoms with van der Waals surface area (Å²) in [6.07, 6.45) is 0.669. The van der Waals surface area contributed by atoms with Gasteiger partial charge in [0.15, 0.2) is 11.9 Å². The van der Waals surface area contributed by atoms with Crippen molar-refractivity contribution in [1.82, 2.24) is 0 Å². The summed E-state index contributed by atoms with van der Waals surface area (Å²) in [7, 11) is 0. The van der Waals surface area contributed by atoms with Crippen LogP contribution in [0.5, 0.6) is 11.5 Å². The summed E-state index contributed by atoms with van der Waals surface area (Å²) in [6.45, 7) is 1.43. The molecule has 6 heteroatoms. The summed E-state index contributed by atoms with van der Waals surface area (Å²) in [5.74, 6) is -0.395.